The van der Waals surface area contributed by atoms with Gasteiger partial charge >= 0.3 is 0 Å². The van der Waals surface area contributed by atoms with E-state index in [4.69, 9.17) is 10.5 Å². The molecule has 0 saturated heterocycles. The Balaban J connectivity index is 1.60. The molecule has 25 heavy (non-hydrogen) atoms. The van der Waals surface area contributed by atoms with Crippen LogP contribution in [-0.2, 0) is 6.42 Å². The molecule has 1 aromatic heterocycles. The number of nitrogens with one attached hydrogen (secondary N) is 1. The zero-order chi connectivity index (χ0) is 17.6. The molecule has 2 aromatic rings. The van der Waals surface area contributed by atoms with Crippen molar-refractivity contribution in [3.05, 3.63) is 39.9 Å². The van der Waals surface area contributed by atoms with Crippen molar-refractivity contribution in [2.75, 3.05) is 12.3 Å². The number of aryl methyl sites for hydroxylation is 1. The Morgan fingerprint density at radius 2 is 2.28 bits per heavy atom. The number of hydrogen-bond acceptors (Lipinski definition) is 6. The fourth-order valence-electron chi connectivity index (χ4n) is 3.61. The summed E-state index contributed by atoms with van der Waals surface area (Å²) in [5.41, 5.74) is 8.60. The average Bonchev–Trinajstić information content (AvgIpc) is 3.14. The number of amides is 1. The van der Waals surface area contributed by atoms with E-state index in [2.05, 4.69) is 16.4 Å². The molecule has 1 amide bonds. The van der Waals surface area contributed by atoms with Crippen molar-refractivity contribution in [3.63, 3.8) is 0 Å². The minimum absolute atomic E-state index is 0.135. The largest absolute Gasteiger partial charge is 0.493 e. The van der Waals surface area contributed by atoms with E-state index in [0.29, 0.717) is 35.2 Å². The molecule has 1 fully saturated rings. The van der Waals surface area contributed by atoms with Crippen molar-refractivity contribution in [3.8, 4) is 5.75 Å². The van der Waals surface area contributed by atoms with Crippen LogP contribution in [0, 0.1) is 12.8 Å². The lowest BCUT2D eigenvalue weighted by molar-refractivity contribution is 0.0235. The molecule has 2 heterocycles. The van der Waals surface area contributed by atoms with Crippen molar-refractivity contribution in [1.82, 2.24) is 10.3 Å². The number of hydrogen-bond donors (Lipinski definition) is 3. The van der Waals surface area contributed by atoms with Gasteiger partial charge in [-0.05, 0) is 48.9 Å². The lowest BCUT2D eigenvalue weighted by Crippen LogP contribution is -2.41. The number of benzene rings is 1. The Morgan fingerprint density at radius 3 is 2.96 bits per heavy atom. The number of rotatable bonds is 4. The second-order valence-electron chi connectivity index (χ2n) is 6.77. The van der Waals surface area contributed by atoms with E-state index < -0.39 is 0 Å². The van der Waals surface area contributed by atoms with Crippen molar-refractivity contribution >= 4 is 22.4 Å². The Labute approximate surface area is 150 Å². The number of fused-ring (bicyclic) bond motifs is 1. The number of carbonyl (C=O) groups is 1. The Kier molecular flexibility index (Phi) is 4.13. The van der Waals surface area contributed by atoms with Crippen LogP contribution >= 0.6 is 11.3 Å². The van der Waals surface area contributed by atoms with Crippen LogP contribution in [0.25, 0.3) is 0 Å². The van der Waals surface area contributed by atoms with Gasteiger partial charge in [-0.15, -0.1) is 0 Å². The highest BCUT2D eigenvalue weighted by Gasteiger charge is 2.36. The normalized spacial score (nSPS) is 22.6. The van der Waals surface area contributed by atoms with E-state index in [1.807, 2.05) is 12.1 Å². The minimum Gasteiger partial charge on any atom is -0.493 e. The second kappa shape index (κ2) is 6.31. The smallest absolute Gasteiger partial charge is 0.263 e. The number of thiazole rings is 1. The van der Waals surface area contributed by atoms with Gasteiger partial charge in [0.2, 0.25) is 0 Å². The lowest BCUT2D eigenvalue weighted by Gasteiger charge is -2.38. The maximum absolute atomic E-state index is 12.7. The third-order valence-corrected chi connectivity index (χ3v) is 5.98. The molecule has 1 saturated carbocycles. The SMILES string of the molecule is Cc1nc(N)sc1C(=O)NC(c1ccc2c(c1)CCO2)C1CC(O)C1. The van der Waals surface area contributed by atoms with Gasteiger partial charge < -0.3 is 20.9 Å². The fraction of sp³-hybridized carbons (Fsp3) is 0.444. The van der Waals surface area contributed by atoms with Crippen LogP contribution in [0.15, 0.2) is 18.2 Å². The summed E-state index contributed by atoms with van der Waals surface area (Å²) in [6.45, 7) is 2.49. The highest BCUT2D eigenvalue weighted by molar-refractivity contribution is 7.17. The first-order valence-corrected chi connectivity index (χ1v) is 9.30. The first-order chi connectivity index (χ1) is 12.0. The highest BCUT2D eigenvalue weighted by atomic mass is 32.1. The quantitative estimate of drug-likeness (QED) is 0.778. The molecule has 132 valence electrons. The number of carbonyl (C=O) groups excluding carboxylic acids is 1. The molecular formula is C18H21N3O3S. The summed E-state index contributed by atoms with van der Waals surface area (Å²) in [6.07, 6.45) is 2.01. The molecule has 4 N–H and O–H groups in total. The summed E-state index contributed by atoms with van der Waals surface area (Å²) >= 11 is 1.20. The summed E-state index contributed by atoms with van der Waals surface area (Å²) in [5.74, 6) is 0.994. The van der Waals surface area contributed by atoms with Crippen molar-refractivity contribution in [2.24, 2.45) is 5.92 Å². The number of aliphatic hydroxyl groups excluding tert-OH is 1. The van der Waals surface area contributed by atoms with Gasteiger partial charge in [0.25, 0.3) is 5.91 Å². The van der Waals surface area contributed by atoms with E-state index in [-0.39, 0.29) is 24.0 Å². The van der Waals surface area contributed by atoms with Crippen LogP contribution in [0.5, 0.6) is 5.75 Å². The average molecular weight is 359 g/mol. The lowest BCUT2D eigenvalue weighted by atomic mass is 9.75. The topological polar surface area (TPSA) is 97.5 Å². The third kappa shape index (κ3) is 3.09. The number of aliphatic hydroxyl groups is 1. The molecule has 1 aliphatic carbocycles. The number of anilines is 1. The number of nitrogens with zero attached hydrogens (tertiary/aromatic N) is 1. The van der Waals surface area contributed by atoms with Gasteiger partial charge in [-0.3, -0.25) is 4.79 Å². The van der Waals surface area contributed by atoms with E-state index in [0.717, 1.165) is 17.7 Å². The van der Waals surface area contributed by atoms with Gasteiger partial charge in [0.05, 0.1) is 24.4 Å². The minimum atomic E-state index is -0.275. The Morgan fingerprint density at radius 1 is 1.48 bits per heavy atom. The molecule has 2 aliphatic rings. The molecule has 1 unspecified atom stereocenters. The predicted molar refractivity (Wildman–Crippen MR) is 95.8 cm³/mol. The van der Waals surface area contributed by atoms with Crippen molar-refractivity contribution < 1.29 is 14.6 Å². The van der Waals surface area contributed by atoms with E-state index in [9.17, 15) is 9.90 Å². The molecule has 0 radical (unpaired) electrons. The summed E-state index contributed by atoms with van der Waals surface area (Å²) in [6, 6.07) is 5.96. The van der Waals surface area contributed by atoms with Crippen LogP contribution < -0.4 is 15.8 Å². The number of aromatic nitrogens is 1. The fourth-order valence-corrected chi connectivity index (χ4v) is 4.35. The van der Waals surface area contributed by atoms with Crippen molar-refractivity contribution in [1.29, 1.82) is 0 Å². The first kappa shape index (κ1) is 16.4. The molecular weight excluding hydrogens is 338 g/mol. The van der Waals surface area contributed by atoms with Crippen molar-refractivity contribution in [2.45, 2.75) is 38.3 Å². The van der Waals surface area contributed by atoms with Crippen LogP contribution in [0.3, 0.4) is 0 Å². The standard InChI is InChI=1S/C18H21N3O3S/c1-9-16(25-18(19)20-9)17(23)21-15(12-7-13(22)8-12)11-2-3-14-10(6-11)4-5-24-14/h2-3,6,12-13,15,22H,4-5,7-8H2,1H3,(H2,19,20)(H,21,23). The van der Waals surface area contributed by atoms with Gasteiger partial charge in [0.15, 0.2) is 5.13 Å². The van der Waals surface area contributed by atoms with Gasteiger partial charge in [0.1, 0.15) is 10.6 Å². The zero-order valence-corrected chi connectivity index (χ0v) is 14.8. The molecule has 6 nitrogen and oxygen atoms in total. The molecule has 1 aliphatic heterocycles. The van der Waals surface area contributed by atoms with Gasteiger partial charge in [-0.2, -0.15) is 0 Å². The third-order valence-electron chi connectivity index (χ3n) is 5.00. The molecule has 1 aromatic carbocycles. The zero-order valence-electron chi connectivity index (χ0n) is 14.0. The highest BCUT2D eigenvalue weighted by Crippen LogP contribution is 2.40. The second-order valence-corrected chi connectivity index (χ2v) is 7.80. The van der Waals surface area contributed by atoms with Gasteiger partial charge in [-0.25, -0.2) is 4.98 Å². The van der Waals surface area contributed by atoms with Crippen LogP contribution in [0.2, 0.25) is 0 Å². The number of nitrogens with two attached hydrogens (primary N) is 1. The molecule has 0 spiro atoms. The summed E-state index contributed by atoms with van der Waals surface area (Å²) in [4.78, 5) is 17.4. The molecule has 7 heteroatoms. The Hall–Kier alpha value is -2.12. The first-order valence-electron chi connectivity index (χ1n) is 8.48. The summed E-state index contributed by atoms with van der Waals surface area (Å²) in [5, 5.41) is 13.2. The van der Waals surface area contributed by atoms with Gasteiger partial charge in [0, 0.05) is 6.42 Å². The van der Waals surface area contributed by atoms with Crippen LogP contribution in [-0.4, -0.2) is 28.7 Å². The summed E-state index contributed by atoms with van der Waals surface area (Å²) in [7, 11) is 0. The number of nitrogen functional groups attached to an aromatic ring is 1. The van der Waals surface area contributed by atoms with E-state index >= 15 is 0 Å². The predicted octanol–water partition coefficient (Wildman–Crippen LogP) is 2.21. The summed E-state index contributed by atoms with van der Waals surface area (Å²) < 4.78 is 5.57. The van der Waals surface area contributed by atoms with Crippen LogP contribution in [0.1, 0.15) is 45.4 Å². The van der Waals surface area contributed by atoms with Crippen LogP contribution in [0.4, 0.5) is 5.13 Å². The Bertz CT molecular complexity index is 814. The maximum Gasteiger partial charge on any atom is 0.263 e. The van der Waals surface area contributed by atoms with E-state index in [1.54, 1.807) is 6.92 Å². The monoisotopic (exact) mass is 359 g/mol. The van der Waals surface area contributed by atoms with E-state index in [1.165, 1.54) is 16.9 Å². The molecule has 1 atom stereocenters. The molecule has 0 bridgehead atoms. The maximum atomic E-state index is 12.7. The van der Waals surface area contributed by atoms with Gasteiger partial charge in [-0.1, -0.05) is 17.4 Å². The number of ether oxygens (including phenoxy) is 1. The molecule has 4 rings (SSSR count).